The summed E-state index contributed by atoms with van der Waals surface area (Å²) in [6.45, 7) is 8.10. The molecule has 38 heavy (non-hydrogen) atoms. The largest absolute Gasteiger partial charge is 0.497 e. The summed E-state index contributed by atoms with van der Waals surface area (Å²) in [6.07, 6.45) is 0.375. The van der Waals surface area contributed by atoms with Gasteiger partial charge in [0.1, 0.15) is 29.7 Å². The van der Waals surface area contributed by atoms with Gasteiger partial charge in [0.25, 0.3) is 0 Å². The first-order valence-corrected chi connectivity index (χ1v) is 13.1. The molecule has 1 saturated heterocycles. The van der Waals surface area contributed by atoms with Crippen molar-refractivity contribution in [3.05, 3.63) is 77.6 Å². The van der Waals surface area contributed by atoms with E-state index in [-0.39, 0.29) is 11.8 Å². The molecule has 0 saturated carbocycles. The lowest BCUT2D eigenvalue weighted by Gasteiger charge is -2.21. The van der Waals surface area contributed by atoms with Gasteiger partial charge in [-0.3, -0.25) is 4.79 Å². The van der Waals surface area contributed by atoms with Crippen molar-refractivity contribution in [1.29, 1.82) is 0 Å². The number of rotatable bonds is 9. The van der Waals surface area contributed by atoms with Crippen molar-refractivity contribution in [2.24, 2.45) is 0 Å². The van der Waals surface area contributed by atoms with E-state index in [9.17, 15) is 4.79 Å². The van der Waals surface area contributed by atoms with Gasteiger partial charge in [0.2, 0.25) is 5.91 Å². The molecule has 3 aromatic carbocycles. The van der Waals surface area contributed by atoms with E-state index in [1.54, 1.807) is 19.1 Å². The standard InChI is InChI=1S/C31H35N3O4/c1-20(2)24-12-10-21(3)16-29(24)38-15-14-33-26-9-7-6-8-25(26)32-31(33)22-17-30(35)34(19-22)27-18-23(36-4)11-13-28(27)37-5/h6-13,16,18,20,22H,14-15,17,19H2,1-5H3. The van der Waals surface area contributed by atoms with E-state index < -0.39 is 0 Å². The lowest BCUT2D eigenvalue weighted by Crippen LogP contribution is -2.25. The first kappa shape index (κ1) is 25.6. The van der Waals surface area contributed by atoms with Gasteiger partial charge in [-0.1, -0.05) is 38.1 Å². The molecule has 1 unspecified atom stereocenters. The molecule has 0 bridgehead atoms. The first-order chi connectivity index (χ1) is 18.4. The van der Waals surface area contributed by atoms with Crippen LogP contribution in [-0.4, -0.2) is 42.8 Å². The van der Waals surface area contributed by atoms with Crippen LogP contribution in [0.25, 0.3) is 11.0 Å². The molecule has 0 aliphatic carbocycles. The molecule has 1 aliphatic rings. The van der Waals surface area contributed by atoms with Crippen molar-refractivity contribution in [2.45, 2.75) is 45.6 Å². The van der Waals surface area contributed by atoms with Crippen LogP contribution in [-0.2, 0) is 11.3 Å². The SMILES string of the molecule is COc1ccc(OC)c(N2CC(c3nc4ccccc4n3CCOc3cc(C)ccc3C(C)C)CC2=O)c1. The van der Waals surface area contributed by atoms with E-state index in [4.69, 9.17) is 19.2 Å². The summed E-state index contributed by atoms with van der Waals surface area (Å²) in [5.74, 6) is 3.51. The maximum Gasteiger partial charge on any atom is 0.227 e. The van der Waals surface area contributed by atoms with Gasteiger partial charge >= 0.3 is 0 Å². The summed E-state index contributed by atoms with van der Waals surface area (Å²) >= 11 is 0. The molecule has 7 nitrogen and oxygen atoms in total. The first-order valence-electron chi connectivity index (χ1n) is 13.1. The highest BCUT2D eigenvalue weighted by Gasteiger charge is 2.36. The number of amides is 1. The normalized spacial score (nSPS) is 15.5. The quantitative estimate of drug-likeness (QED) is 0.271. The number of ether oxygens (including phenoxy) is 3. The third-order valence-corrected chi connectivity index (χ3v) is 7.21. The number of para-hydroxylation sites is 2. The van der Waals surface area contributed by atoms with Crippen molar-refractivity contribution in [1.82, 2.24) is 9.55 Å². The van der Waals surface area contributed by atoms with Crippen molar-refractivity contribution in [2.75, 3.05) is 32.3 Å². The maximum absolute atomic E-state index is 13.3. The molecule has 198 valence electrons. The van der Waals surface area contributed by atoms with Crippen LogP contribution in [0.3, 0.4) is 0 Å². The number of methoxy groups -OCH3 is 2. The Morgan fingerprint density at radius 1 is 1.00 bits per heavy atom. The molecular weight excluding hydrogens is 478 g/mol. The fourth-order valence-corrected chi connectivity index (χ4v) is 5.25. The molecule has 1 fully saturated rings. The fourth-order valence-electron chi connectivity index (χ4n) is 5.25. The van der Waals surface area contributed by atoms with Crippen molar-refractivity contribution < 1.29 is 19.0 Å². The van der Waals surface area contributed by atoms with Gasteiger partial charge in [0, 0.05) is 24.9 Å². The second-order valence-corrected chi connectivity index (χ2v) is 10.1. The number of fused-ring (bicyclic) bond motifs is 1. The Balaban J connectivity index is 1.42. The van der Waals surface area contributed by atoms with Crippen LogP contribution in [0.5, 0.6) is 17.2 Å². The van der Waals surface area contributed by atoms with Crippen LogP contribution in [0, 0.1) is 6.92 Å². The molecule has 2 heterocycles. The second kappa shape index (κ2) is 10.8. The number of carbonyl (C=O) groups excluding carboxylic acids is 1. The topological polar surface area (TPSA) is 65.8 Å². The van der Waals surface area contributed by atoms with Gasteiger partial charge in [-0.05, 0) is 54.3 Å². The maximum atomic E-state index is 13.3. The van der Waals surface area contributed by atoms with Crippen LogP contribution in [0.15, 0.2) is 60.7 Å². The third kappa shape index (κ3) is 4.93. The summed E-state index contributed by atoms with van der Waals surface area (Å²) in [6, 6.07) is 20.0. The van der Waals surface area contributed by atoms with Crippen molar-refractivity contribution in [3.63, 3.8) is 0 Å². The van der Waals surface area contributed by atoms with Gasteiger partial charge in [-0.25, -0.2) is 4.98 Å². The Kier molecular flexibility index (Phi) is 7.27. The van der Waals surface area contributed by atoms with Crippen LogP contribution in [0.2, 0.25) is 0 Å². The molecule has 1 aromatic heterocycles. The van der Waals surface area contributed by atoms with E-state index in [1.165, 1.54) is 11.1 Å². The van der Waals surface area contributed by atoms with E-state index in [1.807, 2.05) is 36.4 Å². The van der Waals surface area contributed by atoms with E-state index in [0.717, 1.165) is 22.6 Å². The Morgan fingerprint density at radius 2 is 1.82 bits per heavy atom. The molecule has 0 radical (unpaired) electrons. The van der Waals surface area contributed by atoms with Crippen LogP contribution < -0.4 is 19.1 Å². The smallest absolute Gasteiger partial charge is 0.227 e. The van der Waals surface area contributed by atoms with Gasteiger partial charge < -0.3 is 23.7 Å². The highest BCUT2D eigenvalue weighted by Crippen LogP contribution is 2.39. The summed E-state index contributed by atoms with van der Waals surface area (Å²) in [7, 11) is 3.23. The third-order valence-electron chi connectivity index (χ3n) is 7.21. The second-order valence-electron chi connectivity index (χ2n) is 10.1. The summed E-state index contributed by atoms with van der Waals surface area (Å²) in [5, 5.41) is 0. The number of benzene rings is 3. The molecule has 1 amide bonds. The average Bonchev–Trinajstić information content (AvgIpc) is 3.48. The average molecular weight is 514 g/mol. The molecule has 0 spiro atoms. The molecule has 4 aromatic rings. The van der Waals surface area contributed by atoms with Crippen LogP contribution >= 0.6 is 0 Å². The van der Waals surface area contributed by atoms with Gasteiger partial charge in [-0.15, -0.1) is 0 Å². The Labute approximate surface area is 224 Å². The summed E-state index contributed by atoms with van der Waals surface area (Å²) < 4.78 is 19.5. The van der Waals surface area contributed by atoms with Crippen LogP contribution in [0.4, 0.5) is 5.69 Å². The predicted molar refractivity (Wildman–Crippen MR) is 150 cm³/mol. The van der Waals surface area contributed by atoms with Crippen molar-refractivity contribution in [3.8, 4) is 17.2 Å². The van der Waals surface area contributed by atoms with Gasteiger partial charge in [-0.2, -0.15) is 0 Å². The Bertz CT molecular complexity index is 1460. The zero-order chi connectivity index (χ0) is 26.8. The number of anilines is 1. The zero-order valence-electron chi connectivity index (χ0n) is 22.7. The summed E-state index contributed by atoms with van der Waals surface area (Å²) in [4.78, 5) is 20.0. The van der Waals surface area contributed by atoms with E-state index in [2.05, 4.69) is 49.6 Å². The molecule has 1 aliphatic heterocycles. The minimum absolute atomic E-state index is 0.0396. The van der Waals surface area contributed by atoms with E-state index in [0.29, 0.717) is 49.2 Å². The molecule has 1 atom stereocenters. The summed E-state index contributed by atoms with van der Waals surface area (Å²) in [5.41, 5.74) is 5.06. The Morgan fingerprint density at radius 3 is 2.58 bits per heavy atom. The highest BCUT2D eigenvalue weighted by molar-refractivity contribution is 5.98. The number of aryl methyl sites for hydroxylation is 1. The van der Waals surface area contributed by atoms with E-state index >= 15 is 0 Å². The monoisotopic (exact) mass is 513 g/mol. The number of imidazole rings is 1. The predicted octanol–water partition coefficient (Wildman–Crippen LogP) is 6.08. The number of nitrogens with zero attached hydrogens (tertiary/aromatic N) is 3. The molecular formula is C31H35N3O4. The van der Waals surface area contributed by atoms with Gasteiger partial charge in [0.15, 0.2) is 0 Å². The molecule has 5 rings (SSSR count). The Hall–Kier alpha value is -4.00. The minimum atomic E-state index is -0.0593. The van der Waals surface area contributed by atoms with Gasteiger partial charge in [0.05, 0.1) is 37.5 Å². The number of carbonyl (C=O) groups is 1. The lowest BCUT2D eigenvalue weighted by molar-refractivity contribution is -0.117. The number of hydrogen-bond donors (Lipinski definition) is 0. The zero-order valence-corrected chi connectivity index (χ0v) is 22.7. The van der Waals surface area contributed by atoms with Crippen LogP contribution in [0.1, 0.15) is 49.1 Å². The molecule has 0 N–H and O–H groups in total. The fraction of sp³-hybridized carbons (Fsp3) is 0.355. The van der Waals surface area contributed by atoms with Crippen molar-refractivity contribution >= 4 is 22.6 Å². The number of hydrogen-bond acceptors (Lipinski definition) is 5. The highest BCUT2D eigenvalue weighted by atomic mass is 16.5. The lowest BCUT2D eigenvalue weighted by atomic mass is 10.0. The molecule has 7 heteroatoms. The number of aromatic nitrogens is 2. The minimum Gasteiger partial charge on any atom is -0.497 e.